The van der Waals surface area contributed by atoms with Crippen molar-refractivity contribution < 1.29 is 9.72 Å². The smallest absolute Gasteiger partial charge is 0.273 e. The number of carbonyl (C=O) groups is 1. The minimum atomic E-state index is -0.515. The van der Waals surface area contributed by atoms with Gasteiger partial charge in [-0.25, -0.2) is 0 Å². The van der Waals surface area contributed by atoms with Crippen LogP contribution in [-0.4, -0.2) is 16.9 Å². The van der Waals surface area contributed by atoms with Gasteiger partial charge in [-0.05, 0) is 19.4 Å². The van der Waals surface area contributed by atoms with E-state index in [2.05, 4.69) is 5.32 Å². The molecule has 0 fully saturated rings. The fourth-order valence-corrected chi connectivity index (χ4v) is 1.74. The van der Waals surface area contributed by atoms with Crippen LogP contribution >= 0.6 is 0 Å². The van der Waals surface area contributed by atoms with Crippen molar-refractivity contribution in [3.05, 3.63) is 39.4 Å². The average Bonchev–Trinajstić information content (AvgIpc) is 2.37. The van der Waals surface area contributed by atoms with Gasteiger partial charge in [-0.15, -0.1) is 0 Å². The first-order valence-corrected chi connectivity index (χ1v) is 5.93. The first-order valence-electron chi connectivity index (χ1n) is 5.93. The van der Waals surface area contributed by atoms with Crippen LogP contribution < -0.4 is 5.32 Å². The minimum absolute atomic E-state index is 0.0824. The zero-order valence-electron chi connectivity index (χ0n) is 10.8. The quantitative estimate of drug-likeness (QED) is 0.649. The highest BCUT2D eigenvalue weighted by Gasteiger charge is 2.19. The molecular formula is C13H15N3O3. The van der Waals surface area contributed by atoms with E-state index in [1.807, 2.05) is 13.0 Å². The van der Waals surface area contributed by atoms with Crippen LogP contribution in [-0.2, 0) is 0 Å². The summed E-state index contributed by atoms with van der Waals surface area (Å²) in [6, 6.07) is 6.13. The van der Waals surface area contributed by atoms with Crippen molar-refractivity contribution in [2.24, 2.45) is 0 Å². The van der Waals surface area contributed by atoms with E-state index in [0.29, 0.717) is 12.0 Å². The number of carbonyl (C=O) groups excluding carboxylic acids is 1. The molecule has 1 atom stereocenters. The molecule has 1 aromatic rings. The Kier molecular flexibility index (Phi) is 5.01. The summed E-state index contributed by atoms with van der Waals surface area (Å²) < 4.78 is 0. The highest BCUT2D eigenvalue weighted by atomic mass is 16.6. The van der Waals surface area contributed by atoms with Crippen molar-refractivity contribution in [1.82, 2.24) is 5.32 Å². The van der Waals surface area contributed by atoms with E-state index in [0.717, 1.165) is 0 Å². The van der Waals surface area contributed by atoms with Gasteiger partial charge < -0.3 is 5.32 Å². The summed E-state index contributed by atoms with van der Waals surface area (Å²) in [5.74, 6) is -0.386. The van der Waals surface area contributed by atoms with E-state index in [1.165, 1.54) is 25.1 Å². The third-order valence-electron chi connectivity index (χ3n) is 2.91. The maximum absolute atomic E-state index is 12.0. The van der Waals surface area contributed by atoms with Gasteiger partial charge in [0.1, 0.15) is 0 Å². The number of nitro groups is 1. The zero-order chi connectivity index (χ0) is 14.4. The second kappa shape index (κ2) is 6.50. The molecule has 1 unspecified atom stereocenters. The monoisotopic (exact) mass is 261 g/mol. The topological polar surface area (TPSA) is 96.0 Å². The molecule has 0 saturated heterocycles. The number of rotatable bonds is 5. The minimum Gasteiger partial charge on any atom is -0.348 e. The standard InChI is InChI=1S/C13H15N3O3/c1-3-10(7-8-14)15-13(17)11-5-4-6-12(9(11)2)16(18)19/h4-6,10H,3,7H2,1-2H3,(H,15,17). The predicted molar refractivity (Wildman–Crippen MR) is 69.6 cm³/mol. The molecule has 0 aromatic heterocycles. The summed E-state index contributed by atoms with van der Waals surface area (Å²) in [7, 11) is 0. The maximum Gasteiger partial charge on any atom is 0.273 e. The largest absolute Gasteiger partial charge is 0.348 e. The number of hydrogen-bond donors (Lipinski definition) is 1. The summed E-state index contributed by atoms with van der Waals surface area (Å²) in [6.07, 6.45) is 0.851. The van der Waals surface area contributed by atoms with Crippen molar-refractivity contribution in [3.8, 4) is 6.07 Å². The van der Waals surface area contributed by atoms with Crippen molar-refractivity contribution in [3.63, 3.8) is 0 Å². The number of nitrogens with one attached hydrogen (secondary N) is 1. The number of nitriles is 1. The van der Waals surface area contributed by atoms with Gasteiger partial charge in [0.25, 0.3) is 11.6 Å². The van der Waals surface area contributed by atoms with Gasteiger partial charge in [0, 0.05) is 23.2 Å². The number of benzene rings is 1. The first kappa shape index (κ1) is 14.6. The molecule has 0 aliphatic heterocycles. The van der Waals surface area contributed by atoms with Crippen molar-refractivity contribution in [2.75, 3.05) is 0 Å². The second-order valence-corrected chi connectivity index (χ2v) is 4.15. The van der Waals surface area contributed by atoms with Crippen molar-refractivity contribution >= 4 is 11.6 Å². The van der Waals surface area contributed by atoms with Gasteiger partial charge in [0.15, 0.2) is 0 Å². The highest BCUT2D eigenvalue weighted by molar-refractivity contribution is 5.96. The molecule has 6 heteroatoms. The second-order valence-electron chi connectivity index (χ2n) is 4.15. The molecule has 0 spiro atoms. The number of hydrogen-bond acceptors (Lipinski definition) is 4. The zero-order valence-corrected chi connectivity index (χ0v) is 10.8. The Morgan fingerprint density at radius 1 is 1.58 bits per heavy atom. The molecule has 1 amide bonds. The number of nitro benzene ring substituents is 1. The number of nitrogens with zero attached hydrogens (tertiary/aromatic N) is 2. The molecule has 0 radical (unpaired) electrons. The summed E-state index contributed by atoms with van der Waals surface area (Å²) in [6.45, 7) is 3.40. The maximum atomic E-state index is 12.0. The van der Waals surface area contributed by atoms with Gasteiger partial charge in [0.2, 0.25) is 0 Å². The Morgan fingerprint density at radius 3 is 2.79 bits per heavy atom. The fourth-order valence-electron chi connectivity index (χ4n) is 1.74. The molecule has 1 rings (SSSR count). The Hall–Kier alpha value is -2.42. The molecule has 0 saturated carbocycles. The van der Waals surface area contributed by atoms with Crippen LogP contribution in [0.15, 0.2) is 18.2 Å². The van der Waals surface area contributed by atoms with Crippen molar-refractivity contribution in [1.29, 1.82) is 5.26 Å². The van der Waals surface area contributed by atoms with E-state index >= 15 is 0 Å². The summed E-state index contributed by atoms with van der Waals surface area (Å²) in [5, 5.41) is 22.1. The lowest BCUT2D eigenvalue weighted by molar-refractivity contribution is -0.385. The summed E-state index contributed by atoms with van der Waals surface area (Å²) in [4.78, 5) is 22.3. The van der Waals surface area contributed by atoms with Crippen LogP contribution in [0.25, 0.3) is 0 Å². The summed E-state index contributed by atoms with van der Waals surface area (Å²) >= 11 is 0. The van der Waals surface area contributed by atoms with Crippen LogP contribution in [0.2, 0.25) is 0 Å². The van der Waals surface area contributed by atoms with Gasteiger partial charge in [0.05, 0.1) is 17.4 Å². The fraction of sp³-hybridized carbons (Fsp3) is 0.385. The Balaban J connectivity index is 2.98. The van der Waals surface area contributed by atoms with Gasteiger partial charge in [-0.3, -0.25) is 14.9 Å². The first-order chi connectivity index (χ1) is 9.01. The molecule has 1 aromatic carbocycles. The van der Waals surface area contributed by atoms with Gasteiger partial charge >= 0.3 is 0 Å². The average molecular weight is 261 g/mol. The van der Waals surface area contributed by atoms with E-state index in [4.69, 9.17) is 5.26 Å². The van der Waals surface area contributed by atoms with Gasteiger partial charge in [-0.1, -0.05) is 13.0 Å². The third-order valence-corrected chi connectivity index (χ3v) is 2.91. The van der Waals surface area contributed by atoms with Crippen LogP contribution in [0.5, 0.6) is 0 Å². The van der Waals surface area contributed by atoms with Crippen molar-refractivity contribution in [2.45, 2.75) is 32.7 Å². The SMILES string of the molecule is CCC(CC#N)NC(=O)c1cccc([N+](=O)[O-])c1C. The molecule has 0 bridgehead atoms. The molecule has 0 heterocycles. The lowest BCUT2D eigenvalue weighted by Gasteiger charge is -2.14. The van der Waals surface area contributed by atoms with E-state index in [1.54, 1.807) is 0 Å². The highest BCUT2D eigenvalue weighted by Crippen LogP contribution is 2.21. The normalized spacial score (nSPS) is 11.4. The predicted octanol–water partition coefficient (Wildman–Crippen LogP) is 2.33. The lowest BCUT2D eigenvalue weighted by atomic mass is 10.0. The molecule has 100 valence electrons. The van der Waals surface area contributed by atoms with E-state index in [9.17, 15) is 14.9 Å². The molecule has 0 aliphatic rings. The van der Waals surface area contributed by atoms with Gasteiger partial charge in [-0.2, -0.15) is 5.26 Å². The van der Waals surface area contributed by atoms with E-state index < -0.39 is 4.92 Å². The Morgan fingerprint density at radius 2 is 2.26 bits per heavy atom. The van der Waals surface area contributed by atoms with Crippen LogP contribution in [0.1, 0.15) is 35.7 Å². The third kappa shape index (κ3) is 3.52. The van der Waals surface area contributed by atoms with E-state index in [-0.39, 0.29) is 29.6 Å². The molecule has 6 nitrogen and oxygen atoms in total. The Bertz CT molecular complexity index is 534. The molecule has 19 heavy (non-hydrogen) atoms. The molecule has 0 aliphatic carbocycles. The lowest BCUT2D eigenvalue weighted by Crippen LogP contribution is -2.34. The molecular weight excluding hydrogens is 246 g/mol. The molecule has 1 N–H and O–H groups in total. The number of amides is 1. The van der Waals surface area contributed by atoms with Crippen LogP contribution in [0.4, 0.5) is 5.69 Å². The Labute approximate surface area is 111 Å². The summed E-state index contributed by atoms with van der Waals surface area (Å²) in [5.41, 5.74) is 0.517. The van der Waals surface area contributed by atoms with Crippen LogP contribution in [0, 0.1) is 28.4 Å². The van der Waals surface area contributed by atoms with Crippen LogP contribution in [0.3, 0.4) is 0 Å².